The van der Waals surface area contributed by atoms with Crippen molar-refractivity contribution >= 4 is 11.5 Å². The number of H-pyrrole nitrogens is 1. The molecule has 0 fully saturated rings. The van der Waals surface area contributed by atoms with Crippen LogP contribution in [-0.2, 0) is 0 Å². The molecule has 0 saturated carbocycles. The van der Waals surface area contributed by atoms with Gasteiger partial charge in [0.25, 0.3) is 0 Å². The lowest BCUT2D eigenvalue weighted by Crippen LogP contribution is -1.81. The van der Waals surface area contributed by atoms with Crippen molar-refractivity contribution in [2.75, 3.05) is 0 Å². The first kappa shape index (κ1) is 3.81. The lowest BCUT2D eigenvalue weighted by atomic mass is 10.6. The third-order valence-corrected chi connectivity index (χ3v) is 1.32. The highest BCUT2D eigenvalue weighted by atomic mass is 32.1. The molecule has 0 amide bonds. The van der Waals surface area contributed by atoms with Crippen LogP contribution in [0.15, 0.2) is 12.3 Å². The monoisotopic (exact) mass is 100 g/mol. The zero-order valence-corrected chi connectivity index (χ0v) is 4.38. The van der Waals surface area contributed by atoms with Gasteiger partial charge >= 0.3 is 0 Å². The van der Waals surface area contributed by atoms with Gasteiger partial charge in [-0.2, -0.15) is 4.37 Å². The number of hydrogen-bond acceptors (Lipinski definition) is 1. The summed E-state index contributed by atoms with van der Waals surface area (Å²) >= 11 is 1.65. The van der Waals surface area contributed by atoms with Gasteiger partial charge in [-0.15, -0.1) is 0 Å². The summed E-state index contributed by atoms with van der Waals surface area (Å²) in [6, 6.07) is 2.05. The Labute approximate surface area is 40.8 Å². The first-order valence-electron chi connectivity index (χ1n) is 1.82. The zero-order chi connectivity index (χ0) is 4.41. The van der Waals surface area contributed by atoms with Crippen molar-refractivity contribution in [3.8, 4) is 0 Å². The number of aromatic nitrogens is 1. The van der Waals surface area contributed by atoms with E-state index in [2.05, 4.69) is 11.3 Å². The van der Waals surface area contributed by atoms with Crippen LogP contribution in [0.2, 0.25) is 0 Å². The summed E-state index contributed by atoms with van der Waals surface area (Å²) in [5, 5.41) is 0. The van der Waals surface area contributed by atoms with Crippen molar-refractivity contribution in [3.05, 3.63) is 17.1 Å². The zero-order valence-electron chi connectivity index (χ0n) is 3.56. The number of nitrogens with one attached hydrogen (secondary N) is 1. The molecule has 0 atom stereocenters. The summed E-state index contributed by atoms with van der Waals surface area (Å²) in [6.45, 7) is 2.07. The molecule has 1 heterocycles. The molecule has 0 radical (unpaired) electrons. The van der Waals surface area contributed by atoms with Crippen molar-refractivity contribution in [2.45, 2.75) is 6.92 Å². The lowest BCUT2D eigenvalue weighted by molar-refractivity contribution is -0.289. The van der Waals surface area contributed by atoms with E-state index in [0.717, 1.165) is 0 Å². The predicted molar refractivity (Wildman–Crippen MR) is 25.6 cm³/mol. The van der Waals surface area contributed by atoms with Gasteiger partial charge in [0.1, 0.15) is 11.5 Å². The molecule has 0 aliphatic rings. The van der Waals surface area contributed by atoms with Crippen molar-refractivity contribution in [2.24, 2.45) is 0 Å². The Bertz CT molecular complexity index is 111. The SMILES string of the molecule is Cc1cc[nH+]s1. The van der Waals surface area contributed by atoms with E-state index in [-0.39, 0.29) is 0 Å². The number of hydrogen-bond donors (Lipinski definition) is 0. The molecule has 0 unspecified atom stereocenters. The molecule has 0 saturated heterocycles. The standard InChI is InChI=1S/C4H5NS/c1-4-2-3-5-6-4/h2-3H,1H3/p+1. The van der Waals surface area contributed by atoms with E-state index in [0.29, 0.717) is 0 Å². The van der Waals surface area contributed by atoms with Crippen LogP contribution in [0.1, 0.15) is 4.88 Å². The van der Waals surface area contributed by atoms with Crippen molar-refractivity contribution in [3.63, 3.8) is 0 Å². The van der Waals surface area contributed by atoms with Crippen LogP contribution in [0.25, 0.3) is 0 Å². The minimum absolute atomic E-state index is 1.33. The Balaban J connectivity index is 3.05. The van der Waals surface area contributed by atoms with Crippen LogP contribution in [0.4, 0.5) is 0 Å². The van der Waals surface area contributed by atoms with Gasteiger partial charge in [-0.25, -0.2) is 0 Å². The fraction of sp³-hybridized carbons (Fsp3) is 0.250. The quantitative estimate of drug-likeness (QED) is 0.459. The predicted octanol–water partition coefficient (Wildman–Crippen LogP) is 0.871. The van der Waals surface area contributed by atoms with Gasteiger partial charge in [0.2, 0.25) is 0 Å². The van der Waals surface area contributed by atoms with E-state index >= 15 is 0 Å². The molecular weight excluding hydrogens is 94.1 g/mol. The highest BCUT2D eigenvalue weighted by Crippen LogP contribution is 1.93. The molecule has 0 bridgehead atoms. The molecule has 32 valence electrons. The topological polar surface area (TPSA) is 14.1 Å². The Morgan fingerprint density at radius 2 is 2.67 bits per heavy atom. The van der Waals surface area contributed by atoms with Crippen LogP contribution >= 0.6 is 11.5 Å². The van der Waals surface area contributed by atoms with Gasteiger partial charge in [0.15, 0.2) is 6.20 Å². The fourth-order valence-electron chi connectivity index (χ4n) is 0.312. The molecule has 0 spiro atoms. The van der Waals surface area contributed by atoms with Gasteiger partial charge in [-0.05, 0) is 6.92 Å². The first-order valence-corrected chi connectivity index (χ1v) is 2.64. The second-order valence-corrected chi connectivity index (χ2v) is 2.25. The van der Waals surface area contributed by atoms with Gasteiger partial charge < -0.3 is 0 Å². The Morgan fingerprint density at radius 1 is 1.83 bits per heavy atom. The minimum Gasteiger partial charge on any atom is -0.155 e. The van der Waals surface area contributed by atoms with Gasteiger partial charge in [-0.3, -0.25) is 0 Å². The largest absolute Gasteiger partial charge is 0.181 e. The Kier molecular flexibility index (Phi) is 0.881. The van der Waals surface area contributed by atoms with E-state index < -0.39 is 0 Å². The maximum absolute atomic E-state index is 2.97. The second-order valence-electron chi connectivity index (χ2n) is 1.16. The number of rotatable bonds is 0. The summed E-state index contributed by atoms with van der Waals surface area (Å²) in [5.41, 5.74) is 0. The van der Waals surface area contributed by atoms with Crippen LogP contribution in [0.5, 0.6) is 0 Å². The van der Waals surface area contributed by atoms with Crippen LogP contribution in [0.3, 0.4) is 0 Å². The molecule has 2 heteroatoms. The fourth-order valence-corrected chi connectivity index (χ4v) is 0.770. The first-order chi connectivity index (χ1) is 2.89. The van der Waals surface area contributed by atoms with Crippen LogP contribution < -0.4 is 4.37 Å². The maximum Gasteiger partial charge on any atom is 0.181 e. The highest BCUT2D eigenvalue weighted by molar-refractivity contribution is 7.01. The molecule has 1 aromatic heterocycles. The van der Waals surface area contributed by atoms with Crippen LogP contribution in [0, 0.1) is 6.92 Å². The van der Waals surface area contributed by atoms with Crippen LogP contribution in [-0.4, -0.2) is 0 Å². The minimum atomic E-state index is 1.33. The average Bonchev–Trinajstić information content (AvgIpc) is 1.86. The van der Waals surface area contributed by atoms with E-state index in [1.165, 1.54) is 4.88 Å². The summed E-state index contributed by atoms with van der Waals surface area (Å²) in [6.07, 6.45) is 1.93. The smallest absolute Gasteiger partial charge is 0.155 e. The molecule has 0 aromatic carbocycles. The molecule has 1 nitrogen and oxygen atoms in total. The normalized spacial score (nSPS) is 8.83. The molecule has 1 rings (SSSR count). The lowest BCUT2D eigenvalue weighted by Gasteiger charge is -1.56. The van der Waals surface area contributed by atoms with E-state index in [4.69, 9.17) is 0 Å². The molecular formula is C4H6NS+. The highest BCUT2D eigenvalue weighted by Gasteiger charge is 1.84. The molecule has 1 aromatic rings. The summed E-state index contributed by atoms with van der Waals surface area (Å²) in [5.74, 6) is 0. The summed E-state index contributed by atoms with van der Waals surface area (Å²) in [7, 11) is 0. The van der Waals surface area contributed by atoms with Gasteiger partial charge in [0, 0.05) is 6.07 Å². The third-order valence-electron chi connectivity index (χ3n) is 0.606. The maximum atomic E-state index is 2.97. The van der Waals surface area contributed by atoms with Crippen molar-refractivity contribution < 1.29 is 4.37 Å². The van der Waals surface area contributed by atoms with Crippen molar-refractivity contribution in [1.82, 2.24) is 0 Å². The number of aryl methyl sites for hydroxylation is 1. The van der Waals surface area contributed by atoms with Crippen molar-refractivity contribution in [1.29, 1.82) is 0 Å². The van der Waals surface area contributed by atoms with E-state index in [1.807, 2.05) is 12.3 Å². The molecule has 0 aliphatic heterocycles. The van der Waals surface area contributed by atoms with Gasteiger partial charge in [-0.1, -0.05) is 0 Å². The Hall–Kier alpha value is -0.370. The second kappa shape index (κ2) is 1.39. The molecule has 0 aliphatic carbocycles. The van der Waals surface area contributed by atoms with Gasteiger partial charge in [0.05, 0.1) is 4.88 Å². The Morgan fingerprint density at radius 3 is 2.83 bits per heavy atom. The van der Waals surface area contributed by atoms with E-state index in [9.17, 15) is 0 Å². The summed E-state index contributed by atoms with van der Waals surface area (Å²) < 4.78 is 2.97. The summed E-state index contributed by atoms with van der Waals surface area (Å²) in [4.78, 5) is 1.33. The average molecular weight is 100 g/mol. The van der Waals surface area contributed by atoms with E-state index in [1.54, 1.807) is 11.5 Å². The number of aromatic amines is 1. The molecule has 1 N–H and O–H groups in total. The molecule has 6 heavy (non-hydrogen) atoms. The third kappa shape index (κ3) is 0.571.